The van der Waals surface area contributed by atoms with E-state index >= 15 is 0 Å². The molecule has 0 unspecified atom stereocenters. The first kappa shape index (κ1) is 19.3. The largest absolute Gasteiger partial charge is 0.469 e. The number of ether oxygens (including phenoxy) is 1. The second kappa shape index (κ2) is 9.49. The van der Waals surface area contributed by atoms with Gasteiger partial charge in [0.2, 0.25) is 0 Å². The molecule has 0 aromatic heterocycles. The Morgan fingerprint density at radius 3 is 2.54 bits per heavy atom. The Bertz CT molecular complexity index is 558. The van der Waals surface area contributed by atoms with Crippen LogP contribution in [0.2, 0.25) is 0 Å². The van der Waals surface area contributed by atoms with Crippen molar-refractivity contribution in [2.45, 2.75) is 31.8 Å². The maximum Gasteiger partial charge on any atom is 0.305 e. The molecule has 2 atom stereocenters. The predicted octanol–water partition coefficient (Wildman–Crippen LogP) is 2.08. The van der Waals surface area contributed by atoms with Gasteiger partial charge in [0.25, 0.3) is 0 Å². The number of piperazine rings is 1. The van der Waals surface area contributed by atoms with Gasteiger partial charge in [-0.2, -0.15) is 0 Å². The smallest absolute Gasteiger partial charge is 0.305 e. The number of hydrogen-bond acceptors (Lipinski definition) is 5. The van der Waals surface area contributed by atoms with Crippen molar-refractivity contribution < 1.29 is 9.53 Å². The van der Waals surface area contributed by atoms with Gasteiger partial charge in [0.1, 0.15) is 0 Å². The molecule has 3 rings (SSSR count). The third kappa shape index (κ3) is 5.29. The van der Waals surface area contributed by atoms with E-state index in [2.05, 4.69) is 52.1 Å². The first-order chi connectivity index (χ1) is 12.7. The highest BCUT2D eigenvalue weighted by Gasteiger charge is 2.34. The third-order valence-electron chi connectivity index (χ3n) is 5.98. The highest BCUT2D eigenvalue weighted by Crippen LogP contribution is 2.28. The van der Waals surface area contributed by atoms with Crippen LogP contribution in [0.25, 0.3) is 0 Å². The molecule has 5 heteroatoms. The molecule has 0 saturated carbocycles. The van der Waals surface area contributed by atoms with Crippen molar-refractivity contribution in [3.8, 4) is 0 Å². The summed E-state index contributed by atoms with van der Waals surface area (Å²) >= 11 is 0. The van der Waals surface area contributed by atoms with Crippen LogP contribution in [0.4, 0.5) is 0 Å². The summed E-state index contributed by atoms with van der Waals surface area (Å²) in [7, 11) is 3.69. The molecule has 26 heavy (non-hydrogen) atoms. The number of likely N-dealkylation sites (N-methyl/N-ethyl adjacent to an activating group) is 1. The summed E-state index contributed by atoms with van der Waals surface area (Å²) in [4.78, 5) is 19.3. The molecule has 2 aliphatic rings. The van der Waals surface area contributed by atoms with Crippen molar-refractivity contribution >= 4 is 5.97 Å². The second-order valence-corrected chi connectivity index (χ2v) is 7.79. The van der Waals surface area contributed by atoms with Gasteiger partial charge in [-0.05, 0) is 37.9 Å². The number of benzene rings is 1. The van der Waals surface area contributed by atoms with E-state index in [1.807, 2.05) is 0 Å². The number of hydrogen-bond donors (Lipinski definition) is 0. The van der Waals surface area contributed by atoms with Crippen LogP contribution in [-0.2, 0) is 16.1 Å². The van der Waals surface area contributed by atoms with E-state index in [1.165, 1.54) is 19.1 Å². The molecule has 0 radical (unpaired) electrons. The number of rotatable bonds is 6. The van der Waals surface area contributed by atoms with Crippen molar-refractivity contribution in [2.24, 2.45) is 5.92 Å². The molecule has 2 heterocycles. The van der Waals surface area contributed by atoms with Crippen LogP contribution in [0, 0.1) is 5.92 Å². The predicted molar refractivity (Wildman–Crippen MR) is 104 cm³/mol. The van der Waals surface area contributed by atoms with Crippen molar-refractivity contribution in [1.29, 1.82) is 0 Å². The number of carbonyl (C=O) groups excluding carboxylic acids is 1. The van der Waals surface area contributed by atoms with E-state index in [-0.39, 0.29) is 5.97 Å². The van der Waals surface area contributed by atoms with Crippen LogP contribution < -0.4 is 0 Å². The van der Waals surface area contributed by atoms with Gasteiger partial charge in [-0.15, -0.1) is 0 Å². The lowest BCUT2D eigenvalue weighted by molar-refractivity contribution is -0.141. The fourth-order valence-corrected chi connectivity index (χ4v) is 4.40. The van der Waals surface area contributed by atoms with Crippen molar-refractivity contribution in [3.63, 3.8) is 0 Å². The Balaban J connectivity index is 1.62. The number of piperidine rings is 1. The van der Waals surface area contributed by atoms with Crippen LogP contribution in [0.1, 0.15) is 24.8 Å². The van der Waals surface area contributed by atoms with E-state index in [0.29, 0.717) is 18.4 Å². The zero-order valence-electron chi connectivity index (χ0n) is 16.3. The van der Waals surface area contributed by atoms with Gasteiger partial charge >= 0.3 is 5.97 Å². The van der Waals surface area contributed by atoms with E-state index in [9.17, 15) is 4.79 Å². The number of esters is 1. The molecule has 0 spiro atoms. The topological polar surface area (TPSA) is 36.0 Å². The molecule has 0 aliphatic carbocycles. The average molecular weight is 360 g/mol. The molecule has 0 amide bonds. The Hall–Kier alpha value is -1.43. The van der Waals surface area contributed by atoms with E-state index < -0.39 is 0 Å². The fraction of sp³-hybridized carbons (Fsp3) is 0.667. The number of likely N-dealkylation sites (tertiary alicyclic amines) is 1. The SMILES string of the molecule is COC(=O)CC[C@H]1CN(Cc2ccccc2)CC[C@@H]1N1CCN(C)CC1. The normalized spacial score (nSPS) is 25.9. The molecule has 2 fully saturated rings. The molecular formula is C21H33N3O2. The zero-order chi connectivity index (χ0) is 18.4. The molecule has 144 valence electrons. The van der Waals surface area contributed by atoms with E-state index in [0.717, 1.165) is 52.2 Å². The molecule has 5 nitrogen and oxygen atoms in total. The van der Waals surface area contributed by atoms with Crippen molar-refractivity contribution in [2.75, 3.05) is 53.4 Å². The first-order valence-electron chi connectivity index (χ1n) is 9.91. The average Bonchev–Trinajstić information content (AvgIpc) is 2.68. The van der Waals surface area contributed by atoms with Gasteiger partial charge in [0.15, 0.2) is 0 Å². The highest BCUT2D eigenvalue weighted by atomic mass is 16.5. The summed E-state index contributed by atoms with van der Waals surface area (Å²) in [5, 5.41) is 0. The maximum absolute atomic E-state index is 11.7. The minimum Gasteiger partial charge on any atom is -0.469 e. The Morgan fingerprint density at radius 1 is 1.12 bits per heavy atom. The fourth-order valence-electron chi connectivity index (χ4n) is 4.40. The van der Waals surface area contributed by atoms with Gasteiger partial charge < -0.3 is 9.64 Å². The van der Waals surface area contributed by atoms with Gasteiger partial charge in [0.05, 0.1) is 7.11 Å². The molecule has 2 aliphatic heterocycles. The number of carbonyl (C=O) groups is 1. The van der Waals surface area contributed by atoms with Gasteiger partial charge in [-0.3, -0.25) is 14.6 Å². The van der Waals surface area contributed by atoms with Crippen LogP contribution in [0.15, 0.2) is 30.3 Å². The minimum atomic E-state index is -0.0812. The summed E-state index contributed by atoms with van der Waals surface area (Å²) in [5.74, 6) is 0.456. The summed E-state index contributed by atoms with van der Waals surface area (Å²) < 4.78 is 4.89. The second-order valence-electron chi connectivity index (χ2n) is 7.79. The van der Waals surface area contributed by atoms with Crippen LogP contribution in [0.3, 0.4) is 0 Å². The van der Waals surface area contributed by atoms with Gasteiger partial charge in [-0.1, -0.05) is 30.3 Å². The minimum absolute atomic E-state index is 0.0812. The molecule has 0 N–H and O–H groups in total. The van der Waals surface area contributed by atoms with Crippen LogP contribution >= 0.6 is 0 Å². The van der Waals surface area contributed by atoms with E-state index in [4.69, 9.17) is 4.74 Å². The summed E-state index contributed by atoms with van der Waals surface area (Å²) in [5.41, 5.74) is 1.37. The lowest BCUT2D eigenvalue weighted by Gasteiger charge is -2.46. The quantitative estimate of drug-likeness (QED) is 0.727. The molecule has 1 aromatic carbocycles. The summed E-state index contributed by atoms with van der Waals surface area (Å²) in [6.45, 7) is 7.81. The number of methoxy groups -OCH3 is 1. The maximum atomic E-state index is 11.7. The van der Waals surface area contributed by atoms with Gasteiger partial charge in [-0.25, -0.2) is 0 Å². The summed E-state index contributed by atoms with van der Waals surface area (Å²) in [6, 6.07) is 11.3. The Kier molecular flexibility index (Phi) is 7.06. The lowest BCUT2D eigenvalue weighted by Crippen LogP contribution is -2.56. The first-order valence-corrected chi connectivity index (χ1v) is 9.91. The van der Waals surface area contributed by atoms with E-state index in [1.54, 1.807) is 0 Å². The standard InChI is InChI=1S/C21H33N3O2/c1-22-12-14-24(15-13-22)20-10-11-23(16-18-6-4-3-5-7-18)17-19(20)8-9-21(25)26-2/h3-7,19-20H,8-17H2,1-2H3/t19-,20-/m0/s1. The molecule has 0 bridgehead atoms. The van der Waals surface area contributed by atoms with Crippen LogP contribution in [-0.4, -0.2) is 80.1 Å². The highest BCUT2D eigenvalue weighted by molar-refractivity contribution is 5.69. The molecule has 1 aromatic rings. The Morgan fingerprint density at radius 2 is 1.85 bits per heavy atom. The van der Waals surface area contributed by atoms with Crippen LogP contribution in [0.5, 0.6) is 0 Å². The van der Waals surface area contributed by atoms with Crippen molar-refractivity contribution in [3.05, 3.63) is 35.9 Å². The number of nitrogens with zero attached hydrogens (tertiary/aromatic N) is 3. The lowest BCUT2D eigenvalue weighted by atomic mass is 9.86. The Labute approximate surface area is 157 Å². The monoisotopic (exact) mass is 359 g/mol. The third-order valence-corrected chi connectivity index (χ3v) is 5.98. The van der Waals surface area contributed by atoms with Gasteiger partial charge in [0, 0.05) is 51.7 Å². The van der Waals surface area contributed by atoms with Crippen molar-refractivity contribution in [1.82, 2.24) is 14.7 Å². The zero-order valence-corrected chi connectivity index (χ0v) is 16.3. The molecular weight excluding hydrogens is 326 g/mol. The molecule has 2 saturated heterocycles. The summed E-state index contributed by atoms with van der Waals surface area (Å²) in [6.07, 6.45) is 2.65.